The summed E-state index contributed by atoms with van der Waals surface area (Å²) in [5.74, 6) is 0.677. The van der Waals surface area contributed by atoms with Gasteiger partial charge >= 0.3 is 6.03 Å². The van der Waals surface area contributed by atoms with Crippen molar-refractivity contribution in [2.45, 2.75) is 27.7 Å². The van der Waals surface area contributed by atoms with Gasteiger partial charge in [0.25, 0.3) is 0 Å². The first kappa shape index (κ1) is 17.2. The van der Waals surface area contributed by atoms with Gasteiger partial charge in [0, 0.05) is 10.7 Å². The minimum Gasteiger partial charge on any atom is -0.473 e. The highest BCUT2D eigenvalue weighted by atomic mass is 35.5. The van der Waals surface area contributed by atoms with Crippen LogP contribution in [-0.2, 0) is 0 Å². The maximum absolute atomic E-state index is 11.9. The fourth-order valence-electron chi connectivity index (χ4n) is 2.23. The van der Waals surface area contributed by atoms with Crippen molar-refractivity contribution >= 4 is 23.3 Å². The van der Waals surface area contributed by atoms with Gasteiger partial charge in [-0.05, 0) is 68.1 Å². The minimum atomic E-state index is -0.305. The fraction of sp³-hybridized carbons (Fsp3) is 0.278. The first-order chi connectivity index (χ1) is 10.9. The van der Waals surface area contributed by atoms with Crippen LogP contribution in [0.5, 0.6) is 5.75 Å². The van der Waals surface area contributed by atoms with Gasteiger partial charge in [-0.25, -0.2) is 4.79 Å². The molecule has 23 heavy (non-hydrogen) atoms. The highest BCUT2D eigenvalue weighted by Gasteiger charge is 2.07. The smallest absolute Gasteiger partial charge is 0.321 e. The SMILES string of the molecule is Cc1cccc(NC(=O)NCOc2cc(C)c(Cl)c(C)c2)c1C. The van der Waals surface area contributed by atoms with E-state index in [0.717, 1.165) is 33.0 Å². The Morgan fingerprint density at radius 2 is 1.74 bits per heavy atom. The molecule has 0 heterocycles. The fourth-order valence-corrected chi connectivity index (χ4v) is 2.34. The molecule has 5 heteroatoms. The maximum Gasteiger partial charge on any atom is 0.321 e. The van der Waals surface area contributed by atoms with Crippen molar-refractivity contribution in [3.05, 3.63) is 57.6 Å². The summed E-state index contributed by atoms with van der Waals surface area (Å²) in [6, 6.07) is 9.18. The van der Waals surface area contributed by atoms with Gasteiger partial charge in [0.05, 0.1) is 0 Å². The molecule has 0 aliphatic carbocycles. The summed E-state index contributed by atoms with van der Waals surface area (Å²) < 4.78 is 5.55. The van der Waals surface area contributed by atoms with Crippen LogP contribution in [-0.4, -0.2) is 12.8 Å². The van der Waals surface area contributed by atoms with E-state index in [2.05, 4.69) is 10.6 Å². The van der Waals surface area contributed by atoms with E-state index in [9.17, 15) is 4.79 Å². The van der Waals surface area contributed by atoms with Gasteiger partial charge in [-0.15, -0.1) is 0 Å². The number of aryl methyl sites for hydroxylation is 3. The third-order valence-corrected chi connectivity index (χ3v) is 4.33. The Kier molecular flexibility index (Phi) is 5.50. The van der Waals surface area contributed by atoms with Crippen LogP contribution in [0.25, 0.3) is 0 Å². The number of ether oxygens (including phenoxy) is 1. The van der Waals surface area contributed by atoms with Gasteiger partial charge < -0.3 is 15.4 Å². The number of carbonyl (C=O) groups is 1. The second-order valence-corrected chi connectivity index (χ2v) is 5.92. The summed E-state index contributed by atoms with van der Waals surface area (Å²) in [4.78, 5) is 11.9. The van der Waals surface area contributed by atoms with Crippen molar-refractivity contribution in [3.8, 4) is 5.75 Å². The van der Waals surface area contributed by atoms with Gasteiger partial charge in [-0.2, -0.15) is 0 Å². The largest absolute Gasteiger partial charge is 0.473 e. The first-order valence-corrected chi connectivity index (χ1v) is 7.77. The van der Waals surface area contributed by atoms with Crippen LogP contribution in [0.4, 0.5) is 10.5 Å². The Hall–Kier alpha value is -2.20. The quantitative estimate of drug-likeness (QED) is 0.795. The molecule has 0 radical (unpaired) electrons. The second kappa shape index (κ2) is 7.38. The molecular weight excluding hydrogens is 312 g/mol. The zero-order chi connectivity index (χ0) is 17.0. The van der Waals surface area contributed by atoms with Crippen LogP contribution < -0.4 is 15.4 Å². The summed E-state index contributed by atoms with van der Waals surface area (Å²) >= 11 is 6.12. The monoisotopic (exact) mass is 332 g/mol. The molecule has 0 saturated heterocycles. The molecule has 0 atom stereocenters. The minimum absolute atomic E-state index is 0.0806. The highest BCUT2D eigenvalue weighted by Crippen LogP contribution is 2.25. The summed E-state index contributed by atoms with van der Waals surface area (Å²) in [6.07, 6.45) is 0. The molecule has 2 aromatic carbocycles. The third kappa shape index (κ3) is 4.39. The lowest BCUT2D eigenvalue weighted by Crippen LogP contribution is -2.32. The zero-order valence-corrected chi connectivity index (χ0v) is 14.5. The van der Waals surface area contributed by atoms with E-state index in [0.29, 0.717) is 5.75 Å². The average Bonchev–Trinajstić information content (AvgIpc) is 2.49. The predicted octanol–water partition coefficient (Wildman–Crippen LogP) is 4.73. The zero-order valence-electron chi connectivity index (χ0n) is 13.8. The number of carbonyl (C=O) groups excluding carboxylic acids is 1. The molecule has 0 aliphatic heterocycles. The van der Waals surface area contributed by atoms with Crippen LogP contribution in [0.1, 0.15) is 22.3 Å². The van der Waals surface area contributed by atoms with E-state index >= 15 is 0 Å². The number of hydrogen-bond acceptors (Lipinski definition) is 2. The van der Waals surface area contributed by atoms with E-state index in [1.165, 1.54) is 0 Å². The van der Waals surface area contributed by atoms with Crippen molar-refractivity contribution < 1.29 is 9.53 Å². The molecule has 122 valence electrons. The molecule has 0 saturated carbocycles. The Labute approximate surface area is 141 Å². The summed E-state index contributed by atoms with van der Waals surface area (Å²) in [7, 11) is 0. The van der Waals surface area contributed by atoms with Gasteiger partial charge in [-0.1, -0.05) is 23.7 Å². The van der Waals surface area contributed by atoms with Crippen molar-refractivity contribution in [1.82, 2.24) is 5.32 Å². The Morgan fingerprint density at radius 1 is 1.09 bits per heavy atom. The van der Waals surface area contributed by atoms with Crippen molar-refractivity contribution in [2.24, 2.45) is 0 Å². The lowest BCUT2D eigenvalue weighted by Gasteiger charge is -2.13. The number of halogens is 1. The standard InChI is InChI=1S/C18H21ClN2O2/c1-11-6-5-7-16(14(11)4)21-18(22)20-10-23-15-8-12(2)17(19)13(3)9-15/h5-9H,10H2,1-4H3,(H2,20,21,22). The second-order valence-electron chi connectivity index (χ2n) is 5.54. The van der Waals surface area contributed by atoms with Crippen molar-refractivity contribution in [2.75, 3.05) is 12.0 Å². The molecule has 2 rings (SSSR count). The van der Waals surface area contributed by atoms with Gasteiger partial charge in [0.1, 0.15) is 5.75 Å². The van der Waals surface area contributed by atoms with Crippen LogP contribution in [0.2, 0.25) is 5.02 Å². The lowest BCUT2D eigenvalue weighted by atomic mass is 10.1. The van der Waals surface area contributed by atoms with Crippen LogP contribution in [0, 0.1) is 27.7 Å². The number of urea groups is 1. The van der Waals surface area contributed by atoms with E-state index in [4.69, 9.17) is 16.3 Å². The Bertz CT molecular complexity index is 706. The summed E-state index contributed by atoms with van der Waals surface area (Å²) in [5.41, 5.74) is 4.86. The summed E-state index contributed by atoms with van der Waals surface area (Å²) in [6.45, 7) is 7.90. The van der Waals surface area contributed by atoms with Crippen molar-refractivity contribution in [1.29, 1.82) is 0 Å². The first-order valence-electron chi connectivity index (χ1n) is 7.39. The Morgan fingerprint density at radius 3 is 2.39 bits per heavy atom. The topological polar surface area (TPSA) is 50.4 Å². The van der Waals surface area contributed by atoms with E-state index < -0.39 is 0 Å². The molecule has 0 fully saturated rings. The number of amides is 2. The lowest BCUT2D eigenvalue weighted by molar-refractivity contribution is 0.234. The summed E-state index contributed by atoms with van der Waals surface area (Å²) in [5, 5.41) is 6.23. The molecule has 0 unspecified atom stereocenters. The van der Waals surface area contributed by atoms with Crippen LogP contribution in [0.15, 0.2) is 30.3 Å². The van der Waals surface area contributed by atoms with Gasteiger partial charge in [0.2, 0.25) is 0 Å². The molecule has 0 aliphatic rings. The molecule has 4 nitrogen and oxygen atoms in total. The number of anilines is 1. The number of nitrogens with one attached hydrogen (secondary N) is 2. The third-order valence-electron chi connectivity index (χ3n) is 3.73. The molecule has 0 bridgehead atoms. The van der Waals surface area contributed by atoms with Crippen LogP contribution in [0.3, 0.4) is 0 Å². The molecule has 0 aromatic heterocycles. The number of rotatable bonds is 4. The number of benzene rings is 2. The predicted molar refractivity (Wildman–Crippen MR) is 94.5 cm³/mol. The molecule has 2 N–H and O–H groups in total. The molecule has 2 amide bonds. The van der Waals surface area contributed by atoms with E-state index in [1.54, 1.807) is 0 Å². The molecule has 0 spiro atoms. The van der Waals surface area contributed by atoms with Crippen LogP contribution >= 0.6 is 11.6 Å². The maximum atomic E-state index is 11.9. The van der Waals surface area contributed by atoms with Crippen molar-refractivity contribution in [3.63, 3.8) is 0 Å². The Balaban J connectivity index is 1.89. The van der Waals surface area contributed by atoms with E-state index in [1.807, 2.05) is 58.0 Å². The average molecular weight is 333 g/mol. The van der Waals surface area contributed by atoms with Gasteiger partial charge in [0.15, 0.2) is 6.73 Å². The highest BCUT2D eigenvalue weighted by molar-refractivity contribution is 6.32. The molecular formula is C18H21ClN2O2. The van der Waals surface area contributed by atoms with Gasteiger partial charge in [-0.3, -0.25) is 0 Å². The normalized spacial score (nSPS) is 10.3. The molecule has 2 aromatic rings. The van der Waals surface area contributed by atoms with E-state index in [-0.39, 0.29) is 12.8 Å². The number of hydrogen-bond donors (Lipinski definition) is 2.